The summed E-state index contributed by atoms with van der Waals surface area (Å²) >= 11 is 0. The molecule has 1 amide bonds. The first kappa shape index (κ1) is 16.8. The summed E-state index contributed by atoms with van der Waals surface area (Å²) in [5.41, 5.74) is 0.880. The molecule has 5 nitrogen and oxygen atoms in total. The third kappa shape index (κ3) is 3.71. The van der Waals surface area contributed by atoms with Crippen molar-refractivity contribution < 1.29 is 13.6 Å². The Balaban J connectivity index is 1.97. The summed E-state index contributed by atoms with van der Waals surface area (Å²) in [6.45, 7) is 1.91. The van der Waals surface area contributed by atoms with Crippen molar-refractivity contribution in [3.8, 4) is 0 Å². The number of carbonyl (C=O) groups excluding carboxylic acids is 1. The minimum absolute atomic E-state index is 0.0368. The Morgan fingerprint density at radius 2 is 2.00 bits per heavy atom. The highest BCUT2D eigenvalue weighted by Crippen LogP contribution is 2.25. The van der Waals surface area contributed by atoms with E-state index in [1.54, 1.807) is 12.1 Å². The van der Waals surface area contributed by atoms with Crippen molar-refractivity contribution in [3.63, 3.8) is 0 Å². The molecule has 0 radical (unpaired) electrons. The van der Waals surface area contributed by atoms with E-state index in [1.165, 1.54) is 18.6 Å². The molecule has 0 saturated heterocycles. The zero-order valence-corrected chi connectivity index (χ0v) is 13.5. The molecule has 2 N–H and O–H groups in total. The standard InChI is InChI=1S/C18H16F2N4O/c1-2-16-22-10-15(23-16)18(25)24-17(11-5-7-21-8-6-11)13-9-12(19)3-4-14(13)20/h3-10,17H,2H2,1H3,(H,22,23)(H,24,25)/t17-/m1/s1. The second kappa shape index (κ2) is 7.21. The molecule has 0 saturated carbocycles. The second-order valence-corrected chi connectivity index (χ2v) is 5.45. The minimum Gasteiger partial charge on any atom is -0.340 e. The molecular formula is C18H16F2N4O. The molecule has 3 aromatic rings. The molecule has 7 heteroatoms. The van der Waals surface area contributed by atoms with Gasteiger partial charge >= 0.3 is 0 Å². The Morgan fingerprint density at radius 1 is 1.24 bits per heavy atom. The predicted molar refractivity (Wildman–Crippen MR) is 87.9 cm³/mol. The van der Waals surface area contributed by atoms with E-state index in [0.29, 0.717) is 17.8 Å². The molecule has 0 spiro atoms. The van der Waals surface area contributed by atoms with E-state index in [2.05, 4.69) is 20.3 Å². The summed E-state index contributed by atoms with van der Waals surface area (Å²) in [4.78, 5) is 23.4. The van der Waals surface area contributed by atoms with Crippen molar-refractivity contribution in [1.29, 1.82) is 0 Å². The van der Waals surface area contributed by atoms with Gasteiger partial charge < -0.3 is 10.3 Å². The van der Waals surface area contributed by atoms with Crippen LogP contribution in [0.5, 0.6) is 0 Å². The third-order valence-electron chi connectivity index (χ3n) is 3.79. The summed E-state index contributed by atoms with van der Waals surface area (Å²) in [6, 6.07) is 5.56. The number of aromatic amines is 1. The lowest BCUT2D eigenvalue weighted by Gasteiger charge is -2.20. The van der Waals surface area contributed by atoms with Crippen LogP contribution in [-0.2, 0) is 6.42 Å². The van der Waals surface area contributed by atoms with E-state index in [0.717, 1.165) is 18.2 Å². The van der Waals surface area contributed by atoms with E-state index < -0.39 is 23.6 Å². The third-order valence-corrected chi connectivity index (χ3v) is 3.79. The molecule has 3 rings (SSSR count). The smallest absolute Gasteiger partial charge is 0.270 e. The lowest BCUT2D eigenvalue weighted by molar-refractivity contribution is 0.0937. The zero-order chi connectivity index (χ0) is 17.8. The van der Waals surface area contributed by atoms with Crippen LogP contribution < -0.4 is 5.32 Å². The summed E-state index contributed by atoms with van der Waals surface area (Å²) in [5, 5.41) is 2.73. The van der Waals surface area contributed by atoms with Gasteiger partial charge in [0.25, 0.3) is 5.91 Å². The number of pyridine rings is 1. The highest BCUT2D eigenvalue weighted by molar-refractivity contribution is 5.92. The number of rotatable bonds is 5. The van der Waals surface area contributed by atoms with Crippen molar-refractivity contribution >= 4 is 5.91 Å². The molecule has 0 aliphatic heterocycles. The van der Waals surface area contributed by atoms with Gasteiger partial charge in [-0.1, -0.05) is 6.92 Å². The van der Waals surface area contributed by atoms with Crippen LogP contribution in [0.4, 0.5) is 8.78 Å². The maximum absolute atomic E-state index is 14.3. The normalized spacial score (nSPS) is 12.0. The van der Waals surface area contributed by atoms with Gasteiger partial charge in [-0.2, -0.15) is 0 Å². The van der Waals surface area contributed by atoms with Gasteiger partial charge in [-0.25, -0.2) is 13.8 Å². The molecule has 0 fully saturated rings. The number of benzene rings is 1. The van der Waals surface area contributed by atoms with Gasteiger partial charge in [-0.3, -0.25) is 9.78 Å². The zero-order valence-electron chi connectivity index (χ0n) is 13.5. The van der Waals surface area contributed by atoms with Crippen molar-refractivity contribution in [2.45, 2.75) is 19.4 Å². The number of aromatic nitrogens is 3. The van der Waals surface area contributed by atoms with Crippen LogP contribution in [0, 0.1) is 11.6 Å². The largest absolute Gasteiger partial charge is 0.340 e. The summed E-state index contributed by atoms with van der Waals surface area (Å²) in [6.07, 6.45) is 5.12. The molecule has 1 atom stereocenters. The Kier molecular flexibility index (Phi) is 4.83. The van der Waals surface area contributed by atoms with E-state index in [9.17, 15) is 13.6 Å². The summed E-state index contributed by atoms with van der Waals surface area (Å²) < 4.78 is 27.9. The number of H-pyrrole nitrogens is 1. The van der Waals surface area contributed by atoms with E-state index in [4.69, 9.17) is 0 Å². The van der Waals surface area contributed by atoms with E-state index in [1.807, 2.05) is 6.92 Å². The molecule has 0 aliphatic rings. The average Bonchev–Trinajstić information content (AvgIpc) is 3.12. The molecule has 0 aliphatic carbocycles. The fraction of sp³-hybridized carbons (Fsp3) is 0.167. The van der Waals surface area contributed by atoms with Gasteiger partial charge in [-0.15, -0.1) is 0 Å². The maximum Gasteiger partial charge on any atom is 0.270 e. The number of hydrogen-bond acceptors (Lipinski definition) is 3. The van der Waals surface area contributed by atoms with E-state index >= 15 is 0 Å². The van der Waals surface area contributed by atoms with Crippen LogP contribution in [0.2, 0.25) is 0 Å². The number of imidazole rings is 1. The number of carbonyl (C=O) groups is 1. The molecule has 2 heterocycles. The van der Waals surface area contributed by atoms with Crippen LogP contribution in [0.15, 0.2) is 48.9 Å². The Labute approximate surface area is 143 Å². The summed E-state index contributed by atoms with van der Waals surface area (Å²) in [5.74, 6) is -0.984. The lowest BCUT2D eigenvalue weighted by Crippen LogP contribution is -2.30. The molecular weight excluding hydrogens is 326 g/mol. The van der Waals surface area contributed by atoms with Gasteiger partial charge in [0, 0.05) is 24.4 Å². The highest BCUT2D eigenvalue weighted by atomic mass is 19.1. The number of aryl methyl sites for hydroxylation is 1. The first-order valence-electron chi connectivity index (χ1n) is 7.78. The van der Waals surface area contributed by atoms with Crippen LogP contribution in [0.1, 0.15) is 40.4 Å². The monoisotopic (exact) mass is 342 g/mol. The Morgan fingerprint density at radius 3 is 2.68 bits per heavy atom. The predicted octanol–water partition coefficient (Wildman–Crippen LogP) is 3.16. The van der Waals surface area contributed by atoms with Gasteiger partial charge in [0.15, 0.2) is 0 Å². The van der Waals surface area contributed by atoms with Gasteiger partial charge in [0.1, 0.15) is 23.2 Å². The first-order chi connectivity index (χ1) is 12.1. The molecule has 0 bridgehead atoms. The van der Waals surface area contributed by atoms with Gasteiger partial charge in [0.05, 0.1) is 12.2 Å². The molecule has 2 aromatic heterocycles. The highest BCUT2D eigenvalue weighted by Gasteiger charge is 2.22. The number of amides is 1. The number of nitrogens with zero attached hydrogens (tertiary/aromatic N) is 2. The van der Waals surface area contributed by atoms with Crippen LogP contribution in [-0.4, -0.2) is 20.9 Å². The van der Waals surface area contributed by atoms with Crippen molar-refractivity contribution in [3.05, 3.63) is 83.2 Å². The van der Waals surface area contributed by atoms with Crippen molar-refractivity contribution in [2.24, 2.45) is 0 Å². The molecule has 128 valence electrons. The van der Waals surface area contributed by atoms with Gasteiger partial charge in [-0.05, 0) is 35.9 Å². The van der Waals surface area contributed by atoms with E-state index in [-0.39, 0.29) is 11.3 Å². The van der Waals surface area contributed by atoms with Crippen molar-refractivity contribution in [1.82, 2.24) is 20.3 Å². The quantitative estimate of drug-likeness (QED) is 0.748. The molecule has 1 aromatic carbocycles. The van der Waals surface area contributed by atoms with Crippen LogP contribution in [0.3, 0.4) is 0 Å². The fourth-order valence-corrected chi connectivity index (χ4v) is 2.50. The average molecular weight is 342 g/mol. The second-order valence-electron chi connectivity index (χ2n) is 5.45. The number of halogens is 2. The minimum atomic E-state index is -0.862. The topological polar surface area (TPSA) is 70.7 Å². The fourth-order valence-electron chi connectivity index (χ4n) is 2.50. The molecule has 0 unspecified atom stereocenters. The SMILES string of the molecule is CCc1ncc(C(=O)N[C@H](c2ccncc2)c2cc(F)ccc2F)[nH]1. The van der Waals surface area contributed by atoms with Gasteiger partial charge in [0.2, 0.25) is 0 Å². The Hall–Kier alpha value is -3.09. The number of nitrogens with one attached hydrogen (secondary N) is 2. The first-order valence-corrected chi connectivity index (χ1v) is 7.78. The number of hydrogen-bond donors (Lipinski definition) is 2. The molecule has 25 heavy (non-hydrogen) atoms. The van der Waals surface area contributed by atoms with Crippen LogP contribution in [0.25, 0.3) is 0 Å². The van der Waals surface area contributed by atoms with Crippen molar-refractivity contribution in [2.75, 3.05) is 0 Å². The maximum atomic E-state index is 14.3. The lowest BCUT2D eigenvalue weighted by atomic mass is 9.98. The van der Waals surface area contributed by atoms with Crippen LogP contribution >= 0.6 is 0 Å². The Bertz CT molecular complexity index is 880. The summed E-state index contributed by atoms with van der Waals surface area (Å²) in [7, 11) is 0.